The van der Waals surface area contributed by atoms with Crippen LogP contribution >= 0.6 is 0 Å². The van der Waals surface area contributed by atoms with Gasteiger partial charge in [0.05, 0.1) is 6.61 Å². The first-order valence-electron chi connectivity index (χ1n) is 6.25. The van der Waals surface area contributed by atoms with E-state index in [1.165, 1.54) is 6.42 Å². The number of carbonyl (C=O) groups is 1. The minimum atomic E-state index is -0.0338. The second-order valence-electron chi connectivity index (χ2n) is 4.59. The van der Waals surface area contributed by atoms with Gasteiger partial charge in [0.25, 0.3) is 0 Å². The molecule has 0 spiro atoms. The van der Waals surface area contributed by atoms with Gasteiger partial charge < -0.3 is 4.74 Å². The molecule has 0 saturated heterocycles. The average molecular weight is 214 g/mol. The van der Waals surface area contributed by atoms with Crippen molar-refractivity contribution >= 4 is 5.97 Å². The van der Waals surface area contributed by atoms with Gasteiger partial charge in [-0.2, -0.15) is 0 Å². The van der Waals surface area contributed by atoms with E-state index in [9.17, 15) is 4.79 Å². The van der Waals surface area contributed by atoms with E-state index in [0.717, 1.165) is 25.2 Å². The fourth-order valence-corrected chi connectivity index (χ4v) is 1.31. The lowest BCUT2D eigenvalue weighted by molar-refractivity contribution is -0.144. The normalized spacial score (nSPS) is 14.7. The molecule has 0 radical (unpaired) electrons. The third kappa shape index (κ3) is 8.46. The monoisotopic (exact) mass is 214 g/mol. The van der Waals surface area contributed by atoms with Crippen LogP contribution in [0, 0.1) is 11.8 Å². The number of esters is 1. The van der Waals surface area contributed by atoms with Crippen molar-refractivity contribution in [2.75, 3.05) is 6.61 Å². The number of hydrogen-bond acceptors (Lipinski definition) is 2. The lowest BCUT2D eigenvalue weighted by Crippen LogP contribution is -2.10. The number of hydrogen-bond donors (Lipinski definition) is 0. The Kier molecular flexibility index (Phi) is 8.44. The second kappa shape index (κ2) is 8.75. The Labute approximate surface area is 94.4 Å². The van der Waals surface area contributed by atoms with Crippen molar-refractivity contribution in [2.24, 2.45) is 11.8 Å². The van der Waals surface area contributed by atoms with E-state index in [0.29, 0.717) is 18.9 Å². The first-order chi connectivity index (χ1) is 7.10. The Morgan fingerprint density at radius 1 is 1.13 bits per heavy atom. The minimum absolute atomic E-state index is 0.0338. The van der Waals surface area contributed by atoms with Gasteiger partial charge in [-0.15, -0.1) is 0 Å². The van der Waals surface area contributed by atoms with E-state index in [1.54, 1.807) is 0 Å². The molecule has 2 heteroatoms. The highest BCUT2D eigenvalue weighted by Gasteiger charge is 2.08. The van der Waals surface area contributed by atoms with Gasteiger partial charge in [-0.25, -0.2) is 0 Å². The Morgan fingerprint density at radius 3 is 2.27 bits per heavy atom. The Morgan fingerprint density at radius 2 is 1.73 bits per heavy atom. The quantitative estimate of drug-likeness (QED) is 0.454. The summed E-state index contributed by atoms with van der Waals surface area (Å²) in [5.74, 6) is 1.17. The van der Waals surface area contributed by atoms with Gasteiger partial charge in [0.15, 0.2) is 0 Å². The largest absolute Gasteiger partial charge is 0.466 e. The first kappa shape index (κ1) is 14.5. The van der Waals surface area contributed by atoms with Gasteiger partial charge >= 0.3 is 5.97 Å². The van der Waals surface area contributed by atoms with Gasteiger partial charge in [0.1, 0.15) is 0 Å². The maximum Gasteiger partial charge on any atom is 0.306 e. The van der Waals surface area contributed by atoms with Gasteiger partial charge in [-0.3, -0.25) is 4.79 Å². The SMILES string of the molecule is CCC(C)CCCOC(=O)CC(C)CC. The molecular weight excluding hydrogens is 188 g/mol. The summed E-state index contributed by atoms with van der Waals surface area (Å²) in [5.41, 5.74) is 0. The van der Waals surface area contributed by atoms with E-state index < -0.39 is 0 Å². The molecule has 2 unspecified atom stereocenters. The molecule has 0 rings (SSSR count). The summed E-state index contributed by atoms with van der Waals surface area (Å²) >= 11 is 0. The third-order valence-electron chi connectivity index (χ3n) is 3.01. The van der Waals surface area contributed by atoms with Crippen molar-refractivity contribution in [1.29, 1.82) is 0 Å². The van der Waals surface area contributed by atoms with Gasteiger partial charge in [0, 0.05) is 6.42 Å². The van der Waals surface area contributed by atoms with Crippen LogP contribution in [-0.4, -0.2) is 12.6 Å². The van der Waals surface area contributed by atoms with E-state index in [2.05, 4.69) is 27.7 Å². The van der Waals surface area contributed by atoms with Crippen LogP contribution in [0.4, 0.5) is 0 Å². The second-order valence-corrected chi connectivity index (χ2v) is 4.59. The lowest BCUT2D eigenvalue weighted by Gasteiger charge is -2.10. The van der Waals surface area contributed by atoms with Crippen LogP contribution in [0.2, 0.25) is 0 Å². The van der Waals surface area contributed by atoms with Crippen molar-refractivity contribution in [3.63, 3.8) is 0 Å². The molecule has 0 fully saturated rings. The van der Waals surface area contributed by atoms with Crippen molar-refractivity contribution in [2.45, 2.75) is 59.8 Å². The van der Waals surface area contributed by atoms with Crippen molar-refractivity contribution in [3.05, 3.63) is 0 Å². The number of ether oxygens (including phenoxy) is 1. The minimum Gasteiger partial charge on any atom is -0.466 e. The zero-order valence-electron chi connectivity index (χ0n) is 10.7. The molecule has 0 bridgehead atoms. The molecule has 0 aliphatic carbocycles. The molecule has 0 aliphatic heterocycles. The zero-order chi connectivity index (χ0) is 11.7. The highest BCUT2D eigenvalue weighted by atomic mass is 16.5. The third-order valence-corrected chi connectivity index (χ3v) is 3.01. The predicted molar refractivity (Wildman–Crippen MR) is 63.7 cm³/mol. The molecule has 2 nitrogen and oxygen atoms in total. The maximum absolute atomic E-state index is 11.3. The van der Waals surface area contributed by atoms with Crippen LogP contribution in [0.5, 0.6) is 0 Å². The molecule has 0 aliphatic rings. The van der Waals surface area contributed by atoms with Crippen molar-refractivity contribution in [1.82, 2.24) is 0 Å². The van der Waals surface area contributed by atoms with Gasteiger partial charge in [0.2, 0.25) is 0 Å². The summed E-state index contributed by atoms with van der Waals surface area (Å²) in [5, 5.41) is 0. The number of rotatable bonds is 8. The summed E-state index contributed by atoms with van der Waals surface area (Å²) < 4.78 is 5.17. The maximum atomic E-state index is 11.3. The Balaban J connectivity index is 3.39. The molecule has 0 saturated carbocycles. The van der Waals surface area contributed by atoms with E-state index in [-0.39, 0.29) is 5.97 Å². The molecule has 0 aromatic rings. The summed E-state index contributed by atoms with van der Waals surface area (Å²) in [4.78, 5) is 11.3. The molecule has 0 aromatic carbocycles. The molecule has 0 amide bonds. The first-order valence-corrected chi connectivity index (χ1v) is 6.25. The fourth-order valence-electron chi connectivity index (χ4n) is 1.31. The molecular formula is C13H26O2. The van der Waals surface area contributed by atoms with Crippen molar-refractivity contribution < 1.29 is 9.53 Å². The molecule has 15 heavy (non-hydrogen) atoms. The molecule has 0 aromatic heterocycles. The fraction of sp³-hybridized carbons (Fsp3) is 0.923. The summed E-state index contributed by atoms with van der Waals surface area (Å²) in [6.07, 6.45) is 4.98. The highest BCUT2D eigenvalue weighted by molar-refractivity contribution is 5.69. The summed E-state index contributed by atoms with van der Waals surface area (Å²) in [7, 11) is 0. The van der Waals surface area contributed by atoms with Gasteiger partial charge in [-0.1, -0.05) is 40.5 Å². The average Bonchev–Trinajstić information content (AvgIpc) is 2.23. The molecule has 90 valence electrons. The molecule has 2 atom stereocenters. The topological polar surface area (TPSA) is 26.3 Å². The van der Waals surface area contributed by atoms with E-state index >= 15 is 0 Å². The predicted octanol–water partition coefficient (Wildman–Crippen LogP) is 3.79. The van der Waals surface area contributed by atoms with Crippen LogP contribution in [0.15, 0.2) is 0 Å². The lowest BCUT2D eigenvalue weighted by atomic mass is 10.0. The standard InChI is InChI=1S/C13H26O2/c1-5-11(3)8-7-9-15-13(14)10-12(4)6-2/h11-12H,5-10H2,1-4H3. The van der Waals surface area contributed by atoms with Crippen LogP contribution in [-0.2, 0) is 9.53 Å². The Hall–Kier alpha value is -0.530. The molecule has 0 N–H and O–H groups in total. The van der Waals surface area contributed by atoms with Crippen LogP contribution < -0.4 is 0 Å². The van der Waals surface area contributed by atoms with Gasteiger partial charge in [-0.05, 0) is 24.7 Å². The smallest absolute Gasteiger partial charge is 0.306 e. The van der Waals surface area contributed by atoms with Crippen LogP contribution in [0.25, 0.3) is 0 Å². The Bertz CT molecular complexity index is 166. The highest BCUT2D eigenvalue weighted by Crippen LogP contribution is 2.10. The summed E-state index contributed by atoms with van der Waals surface area (Å²) in [6, 6.07) is 0. The van der Waals surface area contributed by atoms with E-state index in [1.807, 2.05) is 0 Å². The van der Waals surface area contributed by atoms with Crippen molar-refractivity contribution in [3.8, 4) is 0 Å². The number of carbonyl (C=O) groups excluding carboxylic acids is 1. The molecule has 0 heterocycles. The zero-order valence-corrected chi connectivity index (χ0v) is 10.7. The van der Waals surface area contributed by atoms with E-state index in [4.69, 9.17) is 4.74 Å². The van der Waals surface area contributed by atoms with Crippen LogP contribution in [0.3, 0.4) is 0 Å². The van der Waals surface area contributed by atoms with Crippen LogP contribution in [0.1, 0.15) is 59.8 Å². The summed E-state index contributed by atoms with van der Waals surface area (Å²) in [6.45, 7) is 9.21.